The summed E-state index contributed by atoms with van der Waals surface area (Å²) < 4.78 is 21.4. The first-order chi connectivity index (χ1) is 14.6. The summed E-state index contributed by atoms with van der Waals surface area (Å²) in [6.45, 7) is 1.06. The van der Waals surface area contributed by atoms with Crippen molar-refractivity contribution in [2.45, 2.75) is 19.4 Å². The van der Waals surface area contributed by atoms with E-state index in [2.05, 4.69) is 0 Å². The van der Waals surface area contributed by atoms with Gasteiger partial charge in [0.25, 0.3) is 0 Å². The zero-order chi connectivity index (χ0) is 21.5. The maximum Gasteiger partial charge on any atom is 0.429 e. The van der Waals surface area contributed by atoms with Crippen LogP contribution in [0.4, 0.5) is 4.79 Å². The van der Waals surface area contributed by atoms with Crippen LogP contribution in [0.3, 0.4) is 0 Å². The molecular formula is C22H26N2O6. The van der Waals surface area contributed by atoms with E-state index in [-0.39, 0.29) is 18.9 Å². The summed E-state index contributed by atoms with van der Waals surface area (Å²) in [6, 6.07) is 12.9. The molecule has 8 nitrogen and oxygen atoms in total. The number of hydrogen-bond donors (Lipinski definition) is 0. The molecule has 0 spiro atoms. The lowest BCUT2D eigenvalue weighted by molar-refractivity contribution is -0.141. The van der Waals surface area contributed by atoms with Crippen LogP contribution in [0.5, 0.6) is 17.2 Å². The molecule has 1 saturated heterocycles. The van der Waals surface area contributed by atoms with Crippen LogP contribution in [0.25, 0.3) is 0 Å². The molecule has 0 unspecified atom stereocenters. The van der Waals surface area contributed by atoms with Crippen molar-refractivity contribution in [2.24, 2.45) is 0 Å². The second-order valence-electron chi connectivity index (χ2n) is 6.74. The van der Waals surface area contributed by atoms with Crippen LogP contribution in [0, 0.1) is 0 Å². The summed E-state index contributed by atoms with van der Waals surface area (Å²) in [7, 11) is 4.57. The second-order valence-corrected chi connectivity index (χ2v) is 6.74. The monoisotopic (exact) mass is 414 g/mol. The van der Waals surface area contributed by atoms with Gasteiger partial charge in [-0.15, -0.1) is 0 Å². The van der Waals surface area contributed by atoms with Gasteiger partial charge in [0.2, 0.25) is 11.7 Å². The summed E-state index contributed by atoms with van der Waals surface area (Å²) in [4.78, 5) is 25.4. The number of carbonyl (C=O) groups excluding carboxylic acids is 2. The maximum atomic E-state index is 12.9. The molecule has 1 aliphatic rings. The summed E-state index contributed by atoms with van der Waals surface area (Å²) in [5.74, 6) is 1.20. The Morgan fingerprint density at radius 1 is 0.867 bits per heavy atom. The fourth-order valence-electron chi connectivity index (χ4n) is 3.36. The lowest BCUT2D eigenvalue weighted by Crippen LogP contribution is -2.45. The van der Waals surface area contributed by atoms with Crippen molar-refractivity contribution in [3.8, 4) is 17.2 Å². The topological polar surface area (TPSA) is 77.5 Å². The molecule has 0 aromatic heterocycles. The largest absolute Gasteiger partial charge is 0.493 e. The number of benzene rings is 2. The Kier molecular flexibility index (Phi) is 7.00. The van der Waals surface area contributed by atoms with E-state index in [1.54, 1.807) is 12.1 Å². The molecular weight excluding hydrogens is 388 g/mol. The molecule has 0 saturated carbocycles. The third-order valence-corrected chi connectivity index (χ3v) is 4.81. The van der Waals surface area contributed by atoms with Gasteiger partial charge in [0.1, 0.15) is 6.61 Å². The quantitative estimate of drug-likeness (QED) is 0.693. The van der Waals surface area contributed by atoms with Gasteiger partial charge in [0, 0.05) is 13.1 Å². The van der Waals surface area contributed by atoms with Gasteiger partial charge < -0.3 is 18.9 Å². The van der Waals surface area contributed by atoms with Gasteiger partial charge in [-0.05, 0) is 29.7 Å². The van der Waals surface area contributed by atoms with Crippen LogP contribution in [0.1, 0.15) is 17.5 Å². The Morgan fingerprint density at radius 3 is 2.10 bits per heavy atom. The molecule has 1 fully saturated rings. The minimum Gasteiger partial charge on any atom is -0.493 e. The molecule has 2 aromatic rings. The van der Waals surface area contributed by atoms with Gasteiger partial charge in [-0.1, -0.05) is 30.3 Å². The number of hydrogen-bond acceptors (Lipinski definition) is 6. The second kappa shape index (κ2) is 9.87. The van der Waals surface area contributed by atoms with Crippen molar-refractivity contribution in [1.29, 1.82) is 0 Å². The van der Waals surface area contributed by atoms with Crippen molar-refractivity contribution >= 4 is 12.0 Å². The normalized spacial score (nSPS) is 13.2. The smallest absolute Gasteiger partial charge is 0.429 e. The zero-order valence-corrected chi connectivity index (χ0v) is 17.4. The number of nitrogens with zero attached hydrogens (tertiary/aromatic N) is 2. The van der Waals surface area contributed by atoms with Crippen LogP contribution < -0.4 is 14.2 Å². The lowest BCUT2D eigenvalue weighted by atomic mass is 10.1. The summed E-state index contributed by atoms with van der Waals surface area (Å²) in [5, 5.41) is 2.81. The molecule has 2 aromatic carbocycles. The Labute approximate surface area is 175 Å². The highest BCUT2D eigenvalue weighted by Crippen LogP contribution is 2.38. The zero-order valence-electron chi connectivity index (χ0n) is 17.4. The Balaban J connectivity index is 1.67. The van der Waals surface area contributed by atoms with E-state index in [0.717, 1.165) is 5.56 Å². The Bertz CT molecular complexity index is 861. The average Bonchev–Trinajstić information content (AvgIpc) is 3.27. The van der Waals surface area contributed by atoms with Gasteiger partial charge in [-0.3, -0.25) is 4.79 Å². The third kappa shape index (κ3) is 4.76. The Morgan fingerprint density at radius 2 is 1.50 bits per heavy atom. The number of hydrazine groups is 1. The molecule has 30 heavy (non-hydrogen) atoms. The maximum absolute atomic E-state index is 12.9. The molecule has 3 rings (SSSR count). The van der Waals surface area contributed by atoms with E-state index in [0.29, 0.717) is 42.3 Å². The minimum atomic E-state index is -0.533. The summed E-state index contributed by atoms with van der Waals surface area (Å²) >= 11 is 0. The van der Waals surface area contributed by atoms with Gasteiger partial charge in [0.15, 0.2) is 11.5 Å². The molecule has 0 N–H and O–H groups in total. The standard InChI is InChI=1S/C22H26N2O6/c1-27-18-12-17(13-19(28-2)21(18)29-3)14-20(25)23-10-7-11-24(23)22(26)30-15-16-8-5-4-6-9-16/h4-6,8-9,12-13H,7,10-11,14-15H2,1-3H3. The fraction of sp³-hybridized carbons (Fsp3) is 0.364. The summed E-state index contributed by atoms with van der Waals surface area (Å²) in [6.07, 6.45) is 0.246. The van der Waals surface area contributed by atoms with Crippen molar-refractivity contribution in [2.75, 3.05) is 34.4 Å². The fourth-order valence-corrected chi connectivity index (χ4v) is 3.36. The molecule has 1 heterocycles. The predicted octanol–water partition coefficient (Wildman–Crippen LogP) is 3.04. The van der Waals surface area contributed by atoms with Gasteiger partial charge >= 0.3 is 6.09 Å². The van der Waals surface area contributed by atoms with E-state index in [1.165, 1.54) is 31.3 Å². The van der Waals surface area contributed by atoms with Crippen LogP contribution in [-0.2, 0) is 22.6 Å². The first-order valence-electron chi connectivity index (χ1n) is 9.64. The SMILES string of the molecule is COc1cc(CC(=O)N2CCCN2C(=O)OCc2ccccc2)cc(OC)c1OC. The molecule has 0 radical (unpaired) electrons. The number of ether oxygens (including phenoxy) is 4. The highest BCUT2D eigenvalue weighted by atomic mass is 16.6. The van der Waals surface area contributed by atoms with Gasteiger partial charge in [-0.2, -0.15) is 0 Å². The van der Waals surface area contributed by atoms with Crippen molar-refractivity contribution in [1.82, 2.24) is 10.0 Å². The van der Waals surface area contributed by atoms with Gasteiger partial charge in [0.05, 0.1) is 27.8 Å². The highest BCUT2D eigenvalue weighted by Gasteiger charge is 2.32. The van der Waals surface area contributed by atoms with Crippen LogP contribution in [-0.4, -0.2) is 56.4 Å². The number of rotatable bonds is 7. The van der Waals surface area contributed by atoms with Gasteiger partial charge in [-0.25, -0.2) is 14.8 Å². The average molecular weight is 414 g/mol. The van der Waals surface area contributed by atoms with E-state index in [4.69, 9.17) is 18.9 Å². The number of carbonyl (C=O) groups is 2. The molecule has 160 valence electrons. The van der Waals surface area contributed by atoms with E-state index < -0.39 is 6.09 Å². The molecule has 0 bridgehead atoms. The molecule has 1 aliphatic heterocycles. The number of methoxy groups -OCH3 is 3. The molecule has 0 atom stereocenters. The first-order valence-corrected chi connectivity index (χ1v) is 9.64. The van der Waals surface area contributed by atoms with Crippen LogP contribution >= 0.6 is 0 Å². The summed E-state index contributed by atoms with van der Waals surface area (Å²) in [5.41, 5.74) is 1.58. The van der Waals surface area contributed by atoms with Crippen molar-refractivity contribution in [3.05, 3.63) is 53.6 Å². The number of amides is 2. The molecule has 0 aliphatic carbocycles. The van der Waals surface area contributed by atoms with E-state index in [1.807, 2.05) is 30.3 Å². The minimum absolute atomic E-state index is 0.0825. The van der Waals surface area contributed by atoms with Crippen molar-refractivity contribution in [3.63, 3.8) is 0 Å². The Hall–Kier alpha value is -3.42. The predicted molar refractivity (Wildman–Crippen MR) is 109 cm³/mol. The first kappa shape index (κ1) is 21.3. The van der Waals surface area contributed by atoms with Crippen molar-refractivity contribution < 1.29 is 28.5 Å². The lowest BCUT2D eigenvalue weighted by Gasteiger charge is -2.27. The molecule has 2 amide bonds. The van der Waals surface area contributed by atoms with E-state index >= 15 is 0 Å². The van der Waals surface area contributed by atoms with Crippen LogP contribution in [0.15, 0.2) is 42.5 Å². The van der Waals surface area contributed by atoms with Crippen LogP contribution in [0.2, 0.25) is 0 Å². The molecule has 8 heteroatoms. The van der Waals surface area contributed by atoms with E-state index in [9.17, 15) is 9.59 Å². The third-order valence-electron chi connectivity index (χ3n) is 4.81. The highest BCUT2D eigenvalue weighted by molar-refractivity contribution is 5.82.